The van der Waals surface area contributed by atoms with Gasteiger partial charge < -0.3 is 0 Å². The van der Waals surface area contributed by atoms with Crippen LogP contribution in [0, 0.1) is 11.3 Å². The van der Waals surface area contributed by atoms with Gasteiger partial charge in [-0.25, -0.2) is 0 Å². The Bertz CT molecular complexity index is 564. The molecule has 0 spiro atoms. The SMILES string of the molecule is N#Cc1c(C(F)(F)F)csc1-c1ccccc1. The predicted molar refractivity (Wildman–Crippen MR) is 59.5 cm³/mol. The molecule has 0 aliphatic carbocycles. The molecule has 5 heteroatoms. The van der Waals surface area contributed by atoms with E-state index in [2.05, 4.69) is 0 Å². The van der Waals surface area contributed by atoms with Gasteiger partial charge in [0.15, 0.2) is 0 Å². The third-order valence-corrected chi connectivity index (χ3v) is 3.27. The van der Waals surface area contributed by atoms with Crippen LogP contribution in [0.25, 0.3) is 10.4 Å². The standard InChI is InChI=1S/C12H6F3NS/c13-12(14,15)10-7-17-11(9(10)6-16)8-4-2-1-3-5-8/h1-5,7H. The number of hydrogen-bond acceptors (Lipinski definition) is 2. The summed E-state index contributed by atoms with van der Waals surface area (Å²) in [6.45, 7) is 0. The number of nitriles is 1. The minimum absolute atomic E-state index is 0.297. The Morgan fingerprint density at radius 2 is 1.76 bits per heavy atom. The van der Waals surface area contributed by atoms with Crippen molar-refractivity contribution in [2.75, 3.05) is 0 Å². The number of thiophene rings is 1. The van der Waals surface area contributed by atoms with Gasteiger partial charge in [-0.05, 0) is 5.56 Å². The normalized spacial score (nSPS) is 11.2. The first-order valence-electron chi connectivity index (χ1n) is 4.68. The molecule has 2 aromatic rings. The molecule has 1 aromatic heterocycles. The first-order valence-corrected chi connectivity index (χ1v) is 5.56. The van der Waals surface area contributed by atoms with Crippen LogP contribution in [0.3, 0.4) is 0 Å². The molecule has 0 atom stereocenters. The van der Waals surface area contributed by atoms with Gasteiger partial charge in [-0.15, -0.1) is 11.3 Å². The molecule has 0 aliphatic heterocycles. The second-order valence-corrected chi connectivity index (χ2v) is 4.21. The summed E-state index contributed by atoms with van der Waals surface area (Å²) in [6, 6.07) is 10.2. The number of halogens is 3. The average molecular weight is 253 g/mol. The van der Waals surface area contributed by atoms with Gasteiger partial charge in [0.25, 0.3) is 0 Å². The van der Waals surface area contributed by atoms with Crippen molar-refractivity contribution in [2.24, 2.45) is 0 Å². The monoisotopic (exact) mass is 253 g/mol. The summed E-state index contributed by atoms with van der Waals surface area (Å²) in [5.41, 5.74) is -0.526. The molecule has 0 aliphatic rings. The van der Waals surface area contributed by atoms with E-state index in [1.54, 1.807) is 36.4 Å². The molecule has 0 radical (unpaired) electrons. The van der Waals surface area contributed by atoms with Gasteiger partial charge in [0.05, 0.1) is 16.0 Å². The van der Waals surface area contributed by atoms with Crippen LogP contribution >= 0.6 is 11.3 Å². The van der Waals surface area contributed by atoms with Crippen molar-refractivity contribution in [3.05, 3.63) is 46.8 Å². The number of benzene rings is 1. The van der Waals surface area contributed by atoms with Gasteiger partial charge in [0.1, 0.15) is 6.07 Å². The molecule has 1 aromatic carbocycles. The Balaban J connectivity index is 2.60. The van der Waals surface area contributed by atoms with Gasteiger partial charge in [0.2, 0.25) is 0 Å². The van der Waals surface area contributed by atoms with Gasteiger partial charge in [-0.3, -0.25) is 0 Å². The fourth-order valence-electron chi connectivity index (χ4n) is 1.48. The highest BCUT2D eigenvalue weighted by Gasteiger charge is 2.36. The van der Waals surface area contributed by atoms with E-state index in [0.717, 1.165) is 16.7 Å². The van der Waals surface area contributed by atoms with E-state index < -0.39 is 11.7 Å². The lowest BCUT2D eigenvalue weighted by Crippen LogP contribution is -2.05. The minimum Gasteiger partial charge on any atom is -0.192 e. The highest BCUT2D eigenvalue weighted by atomic mass is 32.1. The van der Waals surface area contributed by atoms with Crippen LogP contribution in [0.5, 0.6) is 0 Å². The Labute approximate surface area is 99.7 Å². The summed E-state index contributed by atoms with van der Waals surface area (Å²) < 4.78 is 37.9. The zero-order valence-electron chi connectivity index (χ0n) is 8.45. The number of rotatable bonds is 1. The Hall–Kier alpha value is -1.80. The lowest BCUT2D eigenvalue weighted by Gasteiger charge is -2.04. The smallest absolute Gasteiger partial charge is 0.192 e. The lowest BCUT2D eigenvalue weighted by molar-refractivity contribution is -0.137. The molecule has 86 valence electrons. The van der Waals surface area contributed by atoms with E-state index in [1.807, 2.05) is 0 Å². The van der Waals surface area contributed by atoms with E-state index in [1.165, 1.54) is 0 Å². The molecule has 0 bridgehead atoms. The molecule has 0 fully saturated rings. The minimum atomic E-state index is -4.48. The van der Waals surface area contributed by atoms with Gasteiger partial charge in [0, 0.05) is 5.38 Å². The topological polar surface area (TPSA) is 23.8 Å². The summed E-state index contributed by atoms with van der Waals surface area (Å²) in [5, 5.41) is 9.86. The Kier molecular flexibility index (Phi) is 2.90. The first kappa shape index (κ1) is 11.7. The fraction of sp³-hybridized carbons (Fsp3) is 0.0833. The maximum Gasteiger partial charge on any atom is 0.418 e. The zero-order chi connectivity index (χ0) is 12.5. The molecular formula is C12H6F3NS. The maximum absolute atomic E-state index is 12.6. The van der Waals surface area contributed by atoms with E-state index in [0.29, 0.717) is 10.4 Å². The van der Waals surface area contributed by atoms with Crippen molar-refractivity contribution in [1.82, 2.24) is 0 Å². The largest absolute Gasteiger partial charge is 0.418 e. The average Bonchev–Trinajstić information content (AvgIpc) is 2.73. The van der Waals surface area contributed by atoms with Crippen molar-refractivity contribution in [3.8, 4) is 16.5 Å². The van der Waals surface area contributed by atoms with Crippen LogP contribution in [-0.2, 0) is 6.18 Å². The summed E-state index contributed by atoms with van der Waals surface area (Å²) >= 11 is 0.938. The third-order valence-electron chi connectivity index (χ3n) is 2.24. The number of alkyl halides is 3. The van der Waals surface area contributed by atoms with Crippen LogP contribution in [0.1, 0.15) is 11.1 Å². The van der Waals surface area contributed by atoms with Crippen LogP contribution < -0.4 is 0 Å². The highest BCUT2D eigenvalue weighted by molar-refractivity contribution is 7.14. The molecule has 0 saturated carbocycles. The van der Waals surface area contributed by atoms with Crippen molar-refractivity contribution < 1.29 is 13.2 Å². The molecule has 1 heterocycles. The lowest BCUT2D eigenvalue weighted by atomic mass is 10.1. The summed E-state index contributed by atoms with van der Waals surface area (Å²) in [5.74, 6) is 0. The van der Waals surface area contributed by atoms with E-state index in [4.69, 9.17) is 5.26 Å². The third kappa shape index (κ3) is 2.17. The Morgan fingerprint density at radius 3 is 2.29 bits per heavy atom. The second-order valence-electron chi connectivity index (χ2n) is 3.33. The summed E-state index contributed by atoms with van der Waals surface area (Å²) in [4.78, 5) is 0.362. The van der Waals surface area contributed by atoms with Gasteiger partial charge >= 0.3 is 6.18 Å². The van der Waals surface area contributed by atoms with E-state index in [-0.39, 0.29) is 5.56 Å². The number of hydrogen-bond donors (Lipinski definition) is 0. The highest BCUT2D eigenvalue weighted by Crippen LogP contribution is 2.40. The van der Waals surface area contributed by atoms with Crippen LogP contribution in [-0.4, -0.2) is 0 Å². The molecule has 17 heavy (non-hydrogen) atoms. The second kappa shape index (κ2) is 4.22. The van der Waals surface area contributed by atoms with Crippen molar-refractivity contribution in [2.45, 2.75) is 6.18 Å². The predicted octanol–water partition coefficient (Wildman–Crippen LogP) is 4.31. The van der Waals surface area contributed by atoms with Crippen molar-refractivity contribution in [3.63, 3.8) is 0 Å². The molecule has 0 saturated heterocycles. The van der Waals surface area contributed by atoms with Crippen LogP contribution in [0.4, 0.5) is 13.2 Å². The fourth-order valence-corrected chi connectivity index (χ4v) is 2.51. The van der Waals surface area contributed by atoms with Crippen molar-refractivity contribution in [1.29, 1.82) is 5.26 Å². The zero-order valence-corrected chi connectivity index (χ0v) is 9.27. The van der Waals surface area contributed by atoms with Crippen molar-refractivity contribution >= 4 is 11.3 Å². The molecular weight excluding hydrogens is 247 g/mol. The van der Waals surface area contributed by atoms with Crippen LogP contribution in [0.2, 0.25) is 0 Å². The van der Waals surface area contributed by atoms with E-state index in [9.17, 15) is 13.2 Å². The quantitative estimate of drug-likeness (QED) is 0.743. The number of nitrogens with zero attached hydrogens (tertiary/aromatic N) is 1. The van der Waals surface area contributed by atoms with Gasteiger partial charge in [-0.1, -0.05) is 30.3 Å². The molecule has 0 unspecified atom stereocenters. The summed E-state index contributed by atoms with van der Waals surface area (Å²) in [7, 11) is 0. The van der Waals surface area contributed by atoms with Crippen LogP contribution in [0.15, 0.2) is 35.7 Å². The van der Waals surface area contributed by atoms with E-state index >= 15 is 0 Å². The molecule has 0 amide bonds. The maximum atomic E-state index is 12.6. The molecule has 0 N–H and O–H groups in total. The Morgan fingerprint density at radius 1 is 1.12 bits per heavy atom. The first-order chi connectivity index (χ1) is 8.04. The molecule has 2 rings (SSSR count). The van der Waals surface area contributed by atoms with Gasteiger partial charge in [-0.2, -0.15) is 18.4 Å². The summed E-state index contributed by atoms with van der Waals surface area (Å²) in [6.07, 6.45) is -4.48. The molecule has 1 nitrogen and oxygen atoms in total.